The number of ketones is 1. The Kier molecular flexibility index (Phi) is 8.15. The van der Waals surface area contributed by atoms with Gasteiger partial charge in [0.15, 0.2) is 6.61 Å². The van der Waals surface area contributed by atoms with Crippen LogP contribution in [-0.4, -0.2) is 68.0 Å². The van der Waals surface area contributed by atoms with Gasteiger partial charge in [-0.1, -0.05) is 12.1 Å². The number of anilines is 1. The first-order valence-corrected chi connectivity index (χ1v) is 10.6. The van der Waals surface area contributed by atoms with Crippen LogP contribution in [0, 0.1) is 0 Å². The van der Waals surface area contributed by atoms with E-state index in [1.807, 2.05) is 6.92 Å². The van der Waals surface area contributed by atoms with E-state index in [2.05, 4.69) is 5.32 Å². The van der Waals surface area contributed by atoms with Gasteiger partial charge in [-0.3, -0.25) is 14.4 Å². The maximum Gasteiger partial charge on any atom is 0.338 e. The number of benzene rings is 2. The zero-order valence-electron chi connectivity index (χ0n) is 18.5. The Morgan fingerprint density at radius 1 is 1.12 bits per heavy atom. The summed E-state index contributed by atoms with van der Waals surface area (Å²) in [5.41, 5.74) is 1.01. The van der Waals surface area contributed by atoms with Gasteiger partial charge in [0.25, 0.3) is 5.91 Å². The zero-order valence-corrected chi connectivity index (χ0v) is 18.5. The van der Waals surface area contributed by atoms with Crippen LogP contribution in [0.3, 0.4) is 0 Å². The van der Waals surface area contributed by atoms with Gasteiger partial charge >= 0.3 is 5.97 Å². The molecule has 1 N–H and O–H groups in total. The van der Waals surface area contributed by atoms with Crippen molar-refractivity contribution in [2.45, 2.75) is 19.4 Å². The third-order valence-corrected chi connectivity index (χ3v) is 5.17. The van der Waals surface area contributed by atoms with Crippen molar-refractivity contribution in [3.05, 3.63) is 59.7 Å². The van der Waals surface area contributed by atoms with Gasteiger partial charge in [-0.15, -0.1) is 0 Å². The molecular formula is C24H26N2O7. The lowest BCUT2D eigenvalue weighted by molar-refractivity contribution is -0.154. The summed E-state index contributed by atoms with van der Waals surface area (Å²) in [6.07, 6.45) is -0.891. The predicted molar refractivity (Wildman–Crippen MR) is 119 cm³/mol. The minimum atomic E-state index is -0.797. The summed E-state index contributed by atoms with van der Waals surface area (Å²) >= 11 is 0. The van der Waals surface area contributed by atoms with Gasteiger partial charge in [0, 0.05) is 18.8 Å². The first kappa shape index (κ1) is 23.9. The van der Waals surface area contributed by atoms with Crippen LogP contribution >= 0.6 is 0 Å². The Hall–Kier alpha value is -3.72. The van der Waals surface area contributed by atoms with Gasteiger partial charge in [0.1, 0.15) is 11.9 Å². The highest BCUT2D eigenvalue weighted by Crippen LogP contribution is 2.18. The average molecular weight is 454 g/mol. The van der Waals surface area contributed by atoms with Gasteiger partial charge < -0.3 is 24.4 Å². The Balaban J connectivity index is 1.51. The molecule has 1 heterocycles. The van der Waals surface area contributed by atoms with Crippen LogP contribution in [0.4, 0.5) is 5.69 Å². The Morgan fingerprint density at radius 3 is 2.55 bits per heavy atom. The van der Waals surface area contributed by atoms with Crippen molar-refractivity contribution in [2.24, 2.45) is 0 Å². The number of likely N-dealkylation sites (N-methyl/N-ethyl adjacent to an activating group) is 1. The molecule has 9 heteroatoms. The lowest BCUT2D eigenvalue weighted by Crippen LogP contribution is -2.48. The summed E-state index contributed by atoms with van der Waals surface area (Å²) < 4.78 is 15.7. The van der Waals surface area contributed by atoms with E-state index >= 15 is 0 Å². The van der Waals surface area contributed by atoms with Gasteiger partial charge in [-0.05, 0) is 43.3 Å². The second kappa shape index (κ2) is 11.2. The number of ether oxygens (including phenoxy) is 3. The number of rotatable bonds is 9. The molecule has 0 aromatic heterocycles. The smallest absolute Gasteiger partial charge is 0.338 e. The molecule has 0 aliphatic carbocycles. The molecule has 1 aliphatic rings. The molecule has 0 bridgehead atoms. The van der Waals surface area contributed by atoms with Gasteiger partial charge in [0.2, 0.25) is 11.7 Å². The number of nitrogens with one attached hydrogen (secondary N) is 1. The van der Waals surface area contributed by atoms with Crippen LogP contribution in [-0.2, 0) is 19.1 Å². The number of hydrogen-bond acceptors (Lipinski definition) is 7. The fourth-order valence-electron chi connectivity index (χ4n) is 3.39. The number of Topliss-reactive ketones (excluding diaryl/α,β-unsaturated/α-hetero) is 1. The lowest BCUT2D eigenvalue weighted by atomic mass is 10.1. The number of hydrogen-bond donors (Lipinski definition) is 1. The molecule has 174 valence electrons. The number of morpholine rings is 1. The largest absolute Gasteiger partial charge is 0.496 e. The predicted octanol–water partition coefficient (Wildman–Crippen LogP) is 2.31. The minimum absolute atomic E-state index is 0.0931. The van der Waals surface area contributed by atoms with Crippen LogP contribution in [0.5, 0.6) is 5.75 Å². The highest BCUT2D eigenvalue weighted by Gasteiger charge is 2.30. The molecule has 1 unspecified atom stereocenters. The molecular weight excluding hydrogens is 428 g/mol. The highest BCUT2D eigenvalue weighted by molar-refractivity contribution is 6.01. The first-order valence-electron chi connectivity index (χ1n) is 10.6. The number of carbonyl (C=O) groups is 4. The Labute approximate surface area is 191 Å². The molecule has 1 saturated heterocycles. The van der Waals surface area contributed by atoms with E-state index in [1.54, 1.807) is 41.3 Å². The average Bonchev–Trinajstić information content (AvgIpc) is 2.84. The van der Waals surface area contributed by atoms with E-state index < -0.39 is 18.7 Å². The first-order chi connectivity index (χ1) is 15.9. The van der Waals surface area contributed by atoms with Crippen molar-refractivity contribution in [3.63, 3.8) is 0 Å². The van der Waals surface area contributed by atoms with Crippen LogP contribution < -0.4 is 10.1 Å². The maximum atomic E-state index is 12.3. The number of para-hydroxylation sites is 1. The van der Waals surface area contributed by atoms with Gasteiger partial charge in [0.05, 0.1) is 31.3 Å². The minimum Gasteiger partial charge on any atom is -0.496 e. The zero-order chi connectivity index (χ0) is 23.8. The summed E-state index contributed by atoms with van der Waals surface area (Å²) in [5.74, 6) is -1.21. The highest BCUT2D eigenvalue weighted by atomic mass is 16.5. The van der Waals surface area contributed by atoms with E-state index in [0.29, 0.717) is 36.7 Å². The van der Waals surface area contributed by atoms with E-state index in [4.69, 9.17) is 14.2 Å². The number of amides is 2. The molecule has 33 heavy (non-hydrogen) atoms. The summed E-state index contributed by atoms with van der Waals surface area (Å²) in [4.78, 5) is 50.8. The van der Waals surface area contributed by atoms with Crippen LogP contribution in [0.25, 0.3) is 0 Å². The summed E-state index contributed by atoms with van der Waals surface area (Å²) in [7, 11) is 1.46. The number of methoxy groups -OCH3 is 1. The topological polar surface area (TPSA) is 111 Å². The third kappa shape index (κ3) is 6.17. The SMILES string of the molecule is CCN1CCOC(CC(=O)Nc2ccc(C(=O)OCC(=O)c3ccccc3OC)cc2)C1=O. The van der Waals surface area contributed by atoms with Gasteiger partial charge in [-0.2, -0.15) is 0 Å². The van der Waals surface area contributed by atoms with Crippen molar-refractivity contribution >= 4 is 29.3 Å². The molecule has 1 aliphatic heterocycles. The molecule has 2 aromatic rings. The lowest BCUT2D eigenvalue weighted by Gasteiger charge is -2.31. The summed E-state index contributed by atoms with van der Waals surface area (Å²) in [5, 5.41) is 2.68. The quantitative estimate of drug-likeness (QED) is 0.457. The molecule has 3 rings (SSSR count). The van der Waals surface area contributed by atoms with Crippen molar-refractivity contribution in [2.75, 3.05) is 38.7 Å². The molecule has 2 aromatic carbocycles. The molecule has 0 saturated carbocycles. The Morgan fingerprint density at radius 2 is 1.85 bits per heavy atom. The fourth-order valence-corrected chi connectivity index (χ4v) is 3.39. The van der Waals surface area contributed by atoms with E-state index in [0.717, 1.165) is 0 Å². The molecule has 1 atom stereocenters. The van der Waals surface area contributed by atoms with Crippen molar-refractivity contribution in [1.82, 2.24) is 4.90 Å². The van der Waals surface area contributed by atoms with Crippen LogP contribution in [0.2, 0.25) is 0 Å². The normalized spacial score (nSPS) is 15.6. The number of nitrogens with zero attached hydrogens (tertiary/aromatic N) is 1. The summed E-state index contributed by atoms with van der Waals surface area (Å²) in [6.45, 7) is 2.94. The van der Waals surface area contributed by atoms with Crippen LogP contribution in [0.15, 0.2) is 48.5 Å². The van der Waals surface area contributed by atoms with Gasteiger partial charge in [-0.25, -0.2) is 4.79 Å². The van der Waals surface area contributed by atoms with Crippen molar-refractivity contribution in [1.29, 1.82) is 0 Å². The van der Waals surface area contributed by atoms with E-state index in [-0.39, 0.29) is 29.6 Å². The maximum absolute atomic E-state index is 12.3. The number of carbonyl (C=O) groups excluding carboxylic acids is 4. The number of esters is 1. The summed E-state index contributed by atoms with van der Waals surface area (Å²) in [6, 6.07) is 12.7. The molecule has 0 spiro atoms. The molecule has 1 fully saturated rings. The van der Waals surface area contributed by atoms with Crippen molar-refractivity contribution < 1.29 is 33.4 Å². The van der Waals surface area contributed by atoms with E-state index in [9.17, 15) is 19.2 Å². The van der Waals surface area contributed by atoms with E-state index in [1.165, 1.54) is 19.2 Å². The monoisotopic (exact) mass is 454 g/mol. The standard InChI is InChI=1S/C24H26N2O7/c1-3-26-12-13-32-21(23(26)29)14-22(28)25-17-10-8-16(9-11-17)24(30)33-15-19(27)18-6-4-5-7-20(18)31-2/h4-11,21H,3,12-15H2,1-2H3,(H,25,28). The molecule has 0 radical (unpaired) electrons. The second-order valence-corrected chi connectivity index (χ2v) is 7.31. The van der Waals surface area contributed by atoms with Crippen molar-refractivity contribution in [3.8, 4) is 5.75 Å². The van der Waals surface area contributed by atoms with Crippen LogP contribution in [0.1, 0.15) is 34.1 Å². The fraction of sp³-hybridized carbons (Fsp3) is 0.333. The third-order valence-electron chi connectivity index (χ3n) is 5.17. The molecule has 9 nitrogen and oxygen atoms in total. The Bertz CT molecular complexity index is 1020. The second-order valence-electron chi connectivity index (χ2n) is 7.31. The molecule has 2 amide bonds.